The Morgan fingerprint density at radius 3 is 2.65 bits per heavy atom. The van der Waals surface area contributed by atoms with E-state index >= 15 is 0 Å². The van der Waals surface area contributed by atoms with E-state index in [1.807, 2.05) is 89.8 Å². The molecule has 0 saturated carbocycles. The van der Waals surface area contributed by atoms with Gasteiger partial charge in [0, 0.05) is 30.6 Å². The van der Waals surface area contributed by atoms with Gasteiger partial charge in [0.05, 0.1) is 16.8 Å². The molecule has 1 amide bonds. The number of aromatic nitrogens is 1. The monoisotopic (exact) mass is 512 g/mol. The van der Waals surface area contributed by atoms with Crippen molar-refractivity contribution in [2.45, 2.75) is 18.9 Å². The normalized spacial score (nSPS) is 14.4. The van der Waals surface area contributed by atoms with Crippen molar-refractivity contribution in [3.05, 3.63) is 106 Å². The van der Waals surface area contributed by atoms with Gasteiger partial charge in [-0.15, -0.1) is 0 Å². The summed E-state index contributed by atoms with van der Waals surface area (Å²) in [5.74, 6) is 0.610. The van der Waals surface area contributed by atoms with E-state index in [-0.39, 0.29) is 12.0 Å². The summed E-state index contributed by atoms with van der Waals surface area (Å²) in [6.07, 6.45) is 5.83. The number of methoxy groups -OCH3 is 1. The molecule has 6 heteroatoms. The zero-order valence-electron chi connectivity index (χ0n) is 20.8. The van der Waals surface area contributed by atoms with Gasteiger partial charge in [-0.2, -0.15) is 0 Å². The molecule has 0 bridgehead atoms. The van der Waals surface area contributed by atoms with Crippen LogP contribution in [-0.2, 0) is 4.74 Å². The Kier molecular flexibility index (Phi) is 7.83. The summed E-state index contributed by atoms with van der Waals surface area (Å²) < 4.78 is 11.9. The van der Waals surface area contributed by atoms with E-state index in [0.717, 1.165) is 53.7 Å². The number of carbonyl (C=O) groups is 1. The molecule has 1 aliphatic rings. The molecule has 1 fully saturated rings. The average Bonchev–Trinajstić information content (AvgIpc) is 3.47. The molecule has 1 unspecified atom stereocenters. The highest BCUT2D eigenvalue weighted by Gasteiger charge is 2.23. The molecular weight excluding hydrogens is 484 g/mol. The summed E-state index contributed by atoms with van der Waals surface area (Å²) in [7, 11) is 1.67. The van der Waals surface area contributed by atoms with Crippen LogP contribution in [0, 0.1) is 0 Å². The molecule has 188 valence electrons. The van der Waals surface area contributed by atoms with Crippen LogP contribution in [0.15, 0.2) is 78.9 Å². The maximum absolute atomic E-state index is 13.0. The Labute approximate surface area is 222 Å². The number of pyridine rings is 1. The van der Waals surface area contributed by atoms with Gasteiger partial charge in [0.15, 0.2) is 0 Å². The first-order valence-electron chi connectivity index (χ1n) is 12.5. The minimum atomic E-state index is -0.288. The lowest BCUT2D eigenvalue weighted by Crippen LogP contribution is -2.28. The van der Waals surface area contributed by atoms with Crippen molar-refractivity contribution in [1.29, 1.82) is 0 Å². The smallest absolute Gasteiger partial charge is 0.257 e. The van der Waals surface area contributed by atoms with Crippen LogP contribution in [0.1, 0.15) is 46.1 Å². The number of fused-ring (bicyclic) bond motifs is 1. The molecule has 5 rings (SSSR count). The lowest BCUT2D eigenvalue weighted by Gasteiger charge is -2.20. The van der Waals surface area contributed by atoms with Gasteiger partial charge in [-0.05, 0) is 66.4 Å². The van der Waals surface area contributed by atoms with E-state index in [2.05, 4.69) is 6.07 Å². The fourth-order valence-electron chi connectivity index (χ4n) is 4.57. The van der Waals surface area contributed by atoms with Crippen molar-refractivity contribution < 1.29 is 14.3 Å². The summed E-state index contributed by atoms with van der Waals surface area (Å²) in [5.41, 5.74) is 4.33. The molecule has 1 atom stereocenters. The van der Waals surface area contributed by atoms with Crippen LogP contribution in [0.25, 0.3) is 23.1 Å². The first kappa shape index (κ1) is 25.0. The lowest BCUT2D eigenvalue weighted by atomic mass is 10.1. The molecule has 1 saturated heterocycles. The van der Waals surface area contributed by atoms with Crippen LogP contribution < -0.4 is 4.74 Å². The third-order valence-electron chi connectivity index (χ3n) is 6.59. The highest BCUT2D eigenvalue weighted by Crippen LogP contribution is 2.26. The number of carbonyl (C=O) groups excluding carboxylic acids is 1. The van der Waals surface area contributed by atoms with Gasteiger partial charge < -0.3 is 14.4 Å². The van der Waals surface area contributed by atoms with Gasteiger partial charge in [0.1, 0.15) is 18.5 Å². The summed E-state index contributed by atoms with van der Waals surface area (Å²) in [6, 6.07) is 25.3. The summed E-state index contributed by atoms with van der Waals surface area (Å²) in [4.78, 5) is 19.6. The second-order valence-corrected chi connectivity index (χ2v) is 9.54. The van der Waals surface area contributed by atoms with Crippen molar-refractivity contribution in [1.82, 2.24) is 9.88 Å². The van der Waals surface area contributed by atoms with Crippen molar-refractivity contribution in [2.24, 2.45) is 0 Å². The molecule has 2 heterocycles. The van der Waals surface area contributed by atoms with Crippen molar-refractivity contribution in [3.8, 4) is 5.75 Å². The zero-order valence-corrected chi connectivity index (χ0v) is 21.5. The molecule has 0 spiro atoms. The number of likely N-dealkylation sites (tertiary alicyclic amines) is 1. The number of nitrogens with zero attached hydrogens (tertiary/aromatic N) is 2. The largest absolute Gasteiger partial charge is 0.490 e. The molecule has 4 aromatic rings. The summed E-state index contributed by atoms with van der Waals surface area (Å²) in [5, 5.41) is 1.72. The Balaban J connectivity index is 1.29. The number of hydrogen-bond acceptors (Lipinski definition) is 4. The van der Waals surface area contributed by atoms with Gasteiger partial charge >= 0.3 is 0 Å². The van der Waals surface area contributed by atoms with Crippen LogP contribution in [0.3, 0.4) is 0 Å². The average molecular weight is 513 g/mol. The zero-order chi connectivity index (χ0) is 25.6. The van der Waals surface area contributed by atoms with E-state index in [1.165, 1.54) is 0 Å². The number of halogens is 1. The van der Waals surface area contributed by atoms with E-state index in [9.17, 15) is 4.79 Å². The van der Waals surface area contributed by atoms with Crippen LogP contribution in [0.2, 0.25) is 5.02 Å². The highest BCUT2D eigenvalue weighted by molar-refractivity contribution is 6.31. The van der Waals surface area contributed by atoms with E-state index in [4.69, 9.17) is 26.1 Å². The predicted octanol–water partition coefficient (Wildman–Crippen LogP) is 7.06. The molecule has 0 N–H and O–H groups in total. The fraction of sp³-hybridized carbons (Fsp3) is 0.226. The van der Waals surface area contributed by atoms with Crippen molar-refractivity contribution in [2.75, 3.05) is 26.8 Å². The van der Waals surface area contributed by atoms with Crippen molar-refractivity contribution in [3.63, 3.8) is 0 Å². The van der Waals surface area contributed by atoms with Crippen molar-refractivity contribution >= 4 is 40.6 Å². The SMILES string of the molecule is COC(COc1ccccc1C(=O)N1CCCC1)c1cccc(/C=C/c2ccc3ccc(Cl)cc3n2)c1. The maximum Gasteiger partial charge on any atom is 0.257 e. The predicted molar refractivity (Wildman–Crippen MR) is 149 cm³/mol. The molecule has 1 aliphatic heterocycles. The first-order valence-corrected chi connectivity index (χ1v) is 12.9. The Morgan fingerprint density at radius 1 is 1.00 bits per heavy atom. The minimum absolute atomic E-state index is 0.0266. The third kappa shape index (κ3) is 6.01. The Bertz CT molecular complexity index is 1430. The first-order chi connectivity index (χ1) is 18.1. The van der Waals surface area contributed by atoms with Gasteiger partial charge in [0.2, 0.25) is 0 Å². The number of benzene rings is 3. The third-order valence-corrected chi connectivity index (χ3v) is 6.83. The number of rotatable bonds is 8. The van der Waals surface area contributed by atoms with E-state index in [1.54, 1.807) is 7.11 Å². The molecule has 0 radical (unpaired) electrons. The van der Waals surface area contributed by atoms with E-state index < -0.39 is 0 Å². The number of ether oxygens (including phenoxy) is 2. The molecule has 3 aromatic carbocycles. The van der Waals surface area contributed by atoms with Gasteiger partial charge in [-0.1, -0.05) is 60.1 Å². The van der Waals surface area contributed by atoms with Gasteiger partial charge in [-0.3, -0.25) is 4.79 Å². The highest BCUT2D eigenvalue weighted by atomic mass is 35.5. The van der Waals surface area contributed by atoms with Crippen LogP contribution in [0.5, 0.6) is 5.75 Å². The maximum atomic E-state index is 13.0. The van der Waals surface area contributed by atoms with Crippen LogP contribution in [0.4, 0.5) is 0 Å². The van der Waals surface area contributed by atoms with Crippen LogP contribution in [-0.4, -0.2) is 42.6 Å². The number of hydrogen-bond donors (Lipinski definition) is 0. The van der Waals surface area contributed by atoms with Gasteiger partial charge in [0.25, 0.3) is 5.91 Å². The summed E-state index contributed by atoms with van der Waals surface area (Å²) in [6.45, 7) is 1.90. The van der Waals surface area contributed by atoms with E-state index in [0.29, 0.717) is 22.9 Å². The molecule has 37 heavy (non-hydrogen) atoms. The second kappa shape index (κ2) is 11.6. The van der Waals surface area contributed by atoms with Gasteiger partial charge in [-0.25, -0.2) is 4.98 Å². The summed E-state index contributed by atoms with van der Waals surface area (Å²) >= 11 is 6.12. The molecule has 5 nitrogen and oxygen atoms in total. The van der Waals surface area contributed by atoms with Crippen LogP contribution >= 0.6 is 11.6 Å². The number of amides is 1. The molecular formula is C31H29ClN2O3. The second-order valence-electron chi connectivity index (χ2n) is 9.11. The lowest BCUT2D eigenvalue weighted by molar-refractivity contribution is 0.0563. The quantitative estimate of drug-likeness (QED) is 0.253. The number of para-hydroxylation sites is 1. The standard InChI is InChI=1S/C31H29ClN2O3/c1-36-30(21-37-29-10-3-2-9-27(29)31(35)34-17-4-5-18-34)24-8-6-7-22(19-24)11-15-26-16-13-23-12-14-25(32)20-28(23)33-26/h2-3,6-16,19-20,30H,4-5,17-18,21H2,1H3/b15-11+. The Morgan fingerprint density at radius 2 is 1.81 bits per heavy atom. The molecule has 0 aliphatic carbocycles. The minimum Gasteiger partial charge on any atom is -0.490 e. The Hall–Kier alpha value is -3.67. The fourth-order valence-corrected chi connectivity index (χ4v) is 4.74. The molecule has 1 aromatic heterocycles. The topological polar surface area (TPSA) is 51.7 Å².